The van der Waals surface area contributed by atoms with E-state index in [1.807, 2.05) is 6.92 Å². The van der Waals surface area contributed by atoms with E-state index in [0.29, 0.717) is 12.8 Å². The van der Waals surface area contributed by atoms with Gasteiger partial charge >= 0.3 is 32.7 Å². The molecule has 4 aliphatic carbocycles. The Hall–Kier alpha value is -1.74. The monoisotopic (exact) mass is 726 g/mol. The van der Waals surface area contributed by atoms with Crippen molar-refractivity contribution in [2.75, 3.05) is 6.61 Å². The van der Waals surface area contributed by atoms with E-state index in [1.54, 1.807) is 13.8 Å². The van der Waals surface area contributed by atoms with E-state index in [4.69, 9.17) is 18.4 Å². The number of carboxylic acids is 1. The summed E-state index contributed by atoms with van der Waals surface area (Å²) >= 11 is 0. The molecule has 2 unspecified atom stereocenters. The highest BCUT2D eigenvalue weighted by Gasteiger charge is 2.67. The number of carboxylic acid groups (broad SMARTS) is 1. The largest absolute Gasteiger partial charge is 0.481 e. The van der Waals surface area contributed by atoms with Gasteiger partial charge < -0.3 is 29.5 Å². The lowest BCUT2D eigenvalue weighted by atomic mass is 9.43. The topological polar surface area (TPSA) is 250 Å². The number of aliphatic hydroxyl groups is 2. The quantitative estimate of drug-likeness (QED) is 0.0879. The van der Waals surface area contributed by atoms with Crippen molar-refractivity contribution in [3.63, 3.8) is 0 Å². The second kappa shape index (κ2) is 13.4. The molecule has 48 heavy (non-hydrogen) atoms. The van der Waals surface area contributed by atoms with Crippen LogP contribution >= 0.6 is 0 Å². The van der Waals surface area contributed by atoms with Gasteiger partial charge in [-0.15, -0.1) is 0 Å². The first-order chi connectivity index (χ1) is 22.2. The highest BCUT2D eigenvalue weighted by atomic mass is 32.3. The van der Waals surface area contributed by atoms with Gasteiger partial charge in [-0.2, -0.15) is 16.8 Å². The number of ether oxygens (including phenoxy) is 3. The zero-order chi connectivity index (χ0) is 35.6. The molecule has 2 bridgehead atoms. The van der Waals surface area contributed by atoms with Crippen LogP contribution in [-0.2, 0) is 53.0 Å². The minimum Gasteiger partial charge on any atom is -0.481 e. The highest BCUT2D eigenvalue weighted by Crippen LogP contribution is 2.70. The number of rotatable bonds is 11. The molecule has 13 atom stereocenters. The van der Waals surface area contributed by atoms with Gasteiger partial charge in [0.25, 0.3) is 0 Å². The molecule has 4 saturated carbocycles. The summed E-state index contributed by atoms with van der Waals surface area (Å²) in [5.74, 6) is -3.25. The Balaban J connectivity index is 1.51. The van der Waals surface area contributed by atoms with Crippen LogP contribution in [0.2, 0.25) is 0 Å². The summed E-state index contributed by atoms with van der Waals surface area (Å²) in [4.78, 5) is 25.7. The van der Waals surface area contributed by atoms with Crippen molar-refractivity contribution in [3.05, 3.63) is 12.2 Å². The van der Waals surface area contributed by atoms with Crippen molar-refractivity contribution in [1.82, 2.24) is 0 Å². The molecule has 5 rings (SSSR count). The molecule has 5 fully saturated rings. The molecule has 0 amide bonds. The summed E-state index contributed by atoms with van der Waals surface area (Å²) in [6, 6.07) is 0. The first-order valence-corrected chi connectivity index (χ1v) is 18.9. The molecule has 0 aromatic rings. The lowest BCUT2D eigenvalue weighted by Gasteiger charge is -2.62. The lowest BCUT2D eigenvalue weighted by molar-refractivity contribution is -0.316. The Kier molecular flexibility index (Phi) is 10.5. The molecule has 5 N–H and O–H groups in total. The predicted molar refractivity (Wildman–Crippen MR) is 162 cm³/mol. The van der Waals surface area contributed by atoms with Crippen molar-refractivity contribution < 1.29 is 73.4 Å². The van der Waals surface area contributed by atoms with Crippen LogP contribution in [0.3, 0.4) is 0 Å². The smallest absolute Gasteiger partial charge is 0.397 e. The Bertz CT molecular complexity index is 1480. The normalized spacial score (nSPS) is 43.0. The van der Waals surface area contributed by atoms with Crippen molar-refractivity contribution in [2.24, 2.45) is 40.4 Å². The predicted octanol–water partition coefficient (Wildman–Crippen LogP) is 1.67. The summed E-state index contributed by atoms with van der Waals surface area (Å²) in [6.07, 6.45) is -7.93. The van der Waals surface area contributed by atoms with E-state index in [9.17, 15) is 50.8 Å². The van der Waals surface area contributed by atoms with Crippen molar-refractivity contribution >= 4 is 32.7 Å². The minimum absolute atomic E-state index is 0.0156. The number of carbonyl (C=O) groups excluding carboxylic acids is 1. The fourth-order valence-corrected chi connectivity index (χ4v) is 10.8. The van der Waals surface area contributed by atoms with Gasteiger partial charge in [0.15, 0.2) is 18.5 Å². The van der Waals surface area contributed by atoms with Gasteiger partial charge in [-0.05, 0) is 79.6 Å². The van der Waals surface area contributed by atoms with Gasteiger partial charge in [0.2, 0.25) is 0 Å². The lowest BCUT2D eigenvalue weighted by Crippen LogP contribution is -2.64. The average molecular weight is 727 g/mol. The van der Waals surface area contributed by atoms with Crippen LogP contribution in [0.1, 0.15) is 72.1 Å². The molecule has 1 heterocycles. The third-order valence-electron chi connectivity index (χ3n) is 11.5. The number of carbonyl (C=O) groups is 2. The SMILES string of the molecule is C=C1[C@@H]2CCC3[C@]4(C)C[C@H](O[C@@H]5O[C@H](CO)[C@@H](OS(=O)(=O)O)[C@H](OS(=O)(=O)O)[C@H]5OC(=O)CC(C)C)C[C@@H](C(=O)O)C4CC[C@]3(C2)[C@H]1O. The van der Waals surface area contributed by atoms with E-state index in [0.717, 1.165) is 24.8 Å². The maximum atomic E-state index is 12.9. The molecule has 0 radical (unpaired) electrons. The summed E-state index contributed by atoms with van der Waals surface area (Å²) in [7, 11) is -10.8. The molecule has 18 heteroatoms. The number of hydrogen-bond donors (Lipinski definition) is 5. The zero-order valence-electron chi connectivity index (χ0n) is 27.0. The van der Waals surface area contributed by atoms with Crippen LogP contribution in [0, 0.1) is 40.4 Å². The van der Waals surface area contributed by atoms with Crippen molar-refractivity contribution in [2.45, 2.75) is 115 Å². The maximum Gasteiger partial charge on any atom is 0.397 e. The summed E-state index contributed by atoms with van der Waals surface area (Å²) in [5, 5.41) is 32.0. The van der Waals surface area contributed by atoms with E-state index in [-0.39, 0.29) is 42.9 Å². The third-order valence-corrected chi connectivity index (χ3v) is 12.4. The molecular weight excluding hydrogens is 680 g/mol. The van der Waals surface area contributed by atoms with Gasteiger partial charge in [-0.3, -0.25) is 18.7 Å². The first-order valence-electron chi connectivity index (χ1n) is 16.2. The molecule has 274 valence electrons. The maximum absolute atomic E-state index is 12.9. The highest BCUT2D eigenvalue weighted by molar-refractivity contribution is 7.81. The zero-order valence-corrected chi connectivity index (χ0v) is 28.7. The van der Waals surface area contributed by atoms with E-state index in [2.05, 4.69) is 10.8 Å². The van der Waals surface area contributed by atoms with E-state index >= 15 is 0 Å². The number of aliphatic carboxylic acids is 1. The fraction of sp³-hybridized carbons (Fsp3) is 0.867. The van der Waals surface area contributed by atoms with E-state index in [1.165, 1.54) is 0 Å². The summed E-state index contributed by atoms with van der Waals surface area (Å²) < 4.78 is 93.5. The number of fused-ring (bicyclic) bond motifs is 3. The van der Waals surface area contributed by atoms with Crippen LogP contribution in [0.15, 0.2) is 12.2 Å². The van der Waals surface area contributed by atoms with Crippen molar-refractivity contribution in [3.8, 4) is 0 Å². The van der Waals surface area contributed by atoms with Crippen molar-refractivity contribution in [1.29, 1.82) is 0 Å². The number of aliphatic hydroxyl groups excluding tert-OH is 2. The first kappa shape index (κ1) is 37.5. The Labute approximate surface area is 280 Å². The van der Waals surface area contributed by atoms with Crippen LogP contribution in [0.5, 0.6) is 0 Å². The van der Waals surface area contributed by atoms with Gasteiger partial charge in [-0.1, -0.05) is 27.4 Å². The Morgan fingerprint density at radius 2 is 1.67 bits per heavy atom. The molecule has 5 aliphatic rings. The van der Waals surface area contributed by atoms with E-state index < -0.39 is 99.0 Å². The van der Waals surface area contributed by atoms with Gasteiger partial charge in [0.1, 0.15) is 12.2 Å². The molecule has 1 saturated heterocycles. The number of esters is 1. The Morgan fingerprint density at radius 3 is 2.25 bits per heavy atom. The van der Waals surface area contributed by atoms with Crippen LogP contribution in [-0.4, -0.2) is 103 Å². The van der Waals surface area contributed by atoms with Crippen LogP contribution in [0.25, 0.3) is 0 Å². The van der Waals surface area contributed by atoms with Gasteiger partial charge in [0.05, 0.1) is 24.7 Å². The van der Waals surface area contributed by atoms with Crippen LogP contribution < -0.4 is 0 Å². The average Bonchev–Trinajstić information content (AvgIpc) is 3.12. The molecule has 1 aliphatic heterocycles. The molecule has 0 aromatic heterocycles. The second-order valence-corrected chi connectivity index (χ2v) is 16.9. The minimum atomic E-state index is -5.42. The van der Waals surface area contributed by atoms with Gasteiger partial charge in [-0.25, -0.2) is 8.37 Å². The summed E-state index contributed by atoms with van der Waals surface area (Å²) in [5.41, 5.74) is -0.319. The fourth-order valence-electron chi connectivity index (χ4n) is 9.82. The third kappa shape index (κ3) is 7.20. The standard InChI is InChI=1S/C30H46O16S2/c1-14(2)9-22(32)44-25-24(46-48(39,40)41)23(45-47(36,37)38)20(13-31)43-28(25)42-17-10-18(27(34)35)19-7-8-30-11-16(15(3)26(30)33)5-6-21(30)29(19,4)12-17/h14,16-21,23-26,28,31,33H,3,5-13H2,1-2,4H3,(H,34,35)(H,36,37,38)(H,39,40,41)/t16-,17-,18-,19?,20-,21?,23-,24+,25-,26+,28-,29-,30-/m1/s1. The summed E-state index contributed by atoms with van der Waals surface area (Å²) in [6.45, 7) is 8.52. The van der Waals surface area contributed by atoms with Crippen LogP contribution in [0.4, 0.5) is 0 Å². The van der Waals surface area contributed by atoms with Gasteiger partial charge in [0, 0.05) is 11.8 Å². The molecule has 1 spiro atoms. The second-order valence-electron chi connectivity index (χ2n) is 14.8. The molecule has 0 aromatic carbocycles. The molecular formula is C30H46O16S2. The number of hydrogen-bond acceptors (Lipinski definition) is 13. The molecule has 16 nitrogen and oxygen atoms in total. The Morgan fingerprint density at radius 1 is 1.02 bits per heavy atom.